The number of hydrogen-bond donors (Lipinski definition) is 2. The van der Waals surface area contributed by atoms with Gasteiger partial charge in [-0.1, -0.05) is 12.8 Å². The molecule has 1 saturated heterocycles. The van der Waals surface area contributed by atoms with Gasteiger partial charge in [0.2, 0.25) is 15.9 Å². The zero-order valence-corrected chi connectivity index (χ0v) is 13.3. The molecule has 7 nitrogen and oxygen atoms in total. The van der Waals surface area contributed by atoms with Gasteiger partial charge in [-0.25, -0.2) is 13.1 Å². The fourth-order valence-corrected chi connectivity index (χ4v) is 4.53. The monoisotopic (exact) mass is 326 g/mol. The molecule has 1 aliphatic heterocycles. The lowest BCUT2D eigenvalue weighted by atomic mass is 10.0. The molecule has 8 heteroatoms. The molecule has 3 rings (SSSR count). The number of hydrogen-bond acceptors (Lipinski definition) is 4. The lowest BCUT2D eigenvalue weighted by molar-refractivity contribution is -0.136. The number of nitrogens with zero attached hydrogens (tertiary/aromatic N) is 2. The smallest absolute Gasteiger partial charge is 0.243 e. The zero-order valence-electron chi connectivity index (χ0n) is 12.5. The fourth-order valence-electron chi connectivity index (χ4n) is 3.32. The molecule has 1 aliphatic carbocycles. The third-order valence-electron chi connectivity index (χ3n) is 4.62. The Morgan fingerprint density at radius 1 is 1.23 bits per heavy atom. The maximum absolute atomic E-state index is 12.4. The summed E-state index contributed by atoms with van der Waals surface area (Å²) < 4.78 is 27.0. The van der Waals surface area contributed by atoms with E-state index in [0.717, 1.165) is 25.7 Å². The van der Waals surface area contributed by atoms with E-state index in [1.807, 2.05) is 4.90 Å². The molecule has 0 bridgehead atoms. The number of nitrogens with one attached hydrogen (secondary N) is 2. The van der Waals surface area contributed by atoms with Gasteiger partial charge in [0.25, 0.3) is 0 Å². The second kappa shape index (κ2) is 6.37. The van der Waals surface area contributed by atoms with Crippen molar-refractivity contribution in [3.05, 3.63) is 12.4 Å². The number of carbonyl (C=O) groups excluding carboxylic acids is 1. The highest BCUT2D eigenvalue weighted by atomic mass is 32.2. The average Bonchev–Trinajstić information content (AvgIpc) is 3.20. The van der Waals surface area contributed by atoms with Crippen molar-refractivity contribution in [1.82, 2.24) is 19.8 Å². The Kier molecular flexibility index (Phi) is 4.49. The van der Waals surface area contributed by atoms with Crippen LogP contribution in [0.4, 0.5) is 0 Å². The van der Waals surface area contributed by atoms with Crippen molar-refractivity contribution in [1.29, 1.82) is 0 Å². The first kappa shape index (κ1) is 15.5. The van der Waals surface area contributed by atoms with Crippen LogP contribution in [0.3, 0.4) is 0 Å². The highest BCUT2D eigenvalue weighted by Gasteiger charge is 2.31. The number of aromatic amines is 1. The standard InChI is InChI=1S/C14H22N4O3S/c19-14(11-3-1-2-4-11)18-7-5-12(6-8-18)17-22(20,21)13-9-15-16-10-13/h9-12,17H,1-8H2,(H,15,16). The molecule has 0 unspecified atom stereocenters. The van der Waals surface area contributed by atoms with Crippen LogP contribution < -0.4 is 4.72 Å². The van der Waals surface area contributed by atoms with Crippen LogP contribution in [0.1, 0.15) is 38.5 Å². The Balaban J connectivity index is 1.52. The van der Waals surface area contributed by atoms with E-state index < -0.39 is 10.0 Å². The fraction of sp³-hybridized carbons (Fsp3) is 0.714. The minimum absolute atomic E-state index is 0.118. The second-order valence-corrected chi connectivity index (χ2v) is 7.85. The van der Waals surface area contributed by atoms with Crippen LogP contribution in [0.5, 0.6) is 0 Å². The van der Waals surface area contributed by atoms with Crippen molar-refractivity contribution in [2.45, 2.75) is 49.5 Å². The van der Waals surface area contributed by atoms with Crippen LogP contribution in [-0.2, 0) is 14.8 Å². The molecule has 2 aliphatic rings. The third-order valence-corrected chi connectivity index (χ3v) is 6.10. The summed E-state index contributed by atoms with van der Waals surface area (Å²) in [7, 11) is -3.52. The van der Waals surface area contributed by atoms with Crippen molar-refractivity contribution in [3.63, 3.8) is 0 Å². The number of rotatable bonds is 4. The maximum atomic E-state index is 12.4. The van der Waals surface area contributed by atoms with E-state index in [-0.39, 0.29) is 22.8 Å². The van der Waals surface area contributed by atoms with Crippen LogP contribution in [0.25, 0.3) is 0 Å². The Morgan fingerprint density at radius 2 is 1.91 bits per heavy atom. The van der Waals surface area contributed by atoms with Gasteiger partial charge in [0.15, 0.2) is 0 Å². The number of H-pyrrole nitrogens is 1. The second-order valence-electron chi connectivity index (χ2n) is 6.14. The van der Waals surface area contributed by atoms with Crippen LogP contribution in [0, 0.1) is 5.92 Å². The largest absolute Gasteiger partial charge is 0.342 e. The van der Waals surface area contributed by atoms with E-state index in [1.54, 1.807) is 0 Å². The van der Waals surface area contributed by atoms with Crippen molar-refractivity contribution >= 4 is 15.9 Å². The predicted molar refractivity (Wildman–Crippen MR) is 80.5 cm³/mol. The molecule has 1 saturated carbocycles. The minimum Gasteiger partial charge on any atom is -0.342 e. The lowest BCUT2D eigenvalue weighted by Gasteiger charge is -2.33. The van der Waals surface area contributed by atoms with E-state index in [9.17, 15) is 13.2 Å². The quantitative estimate of drug-likeness (QED) is 0.858. The zero-order chi connectivity index (χ0) is 15.6. The number of sulfonamides is 1. The normalized spacial score (nSPS) is 21.4. The summed E-state index contributed by atoms with van der Waals surface area (Å²) in [4.78, 5) is 14.4. The number of carbonyl (C=O) groups is 1. The Labute approximate surface area is 130 Å². The molecule has 1 aromatic rings. The Morgan fingerprint density at radius 3 is 2.50 bits per heavy atom. The number of aromatic nitrogens is 2. The lowest BCUT2D eigenvalue weighted by Crippen LogP contribution is -2.47. The van der Waals surface area contributed by atoms with Gasteiger partial charge < -0.3 is 4.90 Å². The molecular weight excluding hydrogens is 304 g/mol. The molecule has 22 heavy (non-hydrogen) atoms. The van der Waals surface area contributed by atoms with Gasteiger partial charge in [-0.05, 0) is 25.7 Å². The minimum atomic E-state index is -3.52. The van der Waals surface area contributed by atoms with E-state index in [2.05, 4.69) is 14.9 Å². The summed E-state index contributed by atoms with van der Waals surface area (Å²) in [5.41, 5.74) is 0. The number of piperidine rings is 1. The molecule has 0 aromatic carbocycles. The average molecular weight is 326 g/mol. The first-order valence-corrected chi connectivity index (χ1v) is 9.34. The Bertz CT molecular complexity index is 600. The molecule has 0 atom stereocenters. The molecule has 2 N–H and O–H groups in total. The first-order valence-electron chi connectivity index (χ1n) is 7.86. The molecule has 1 amide bonds. The number of likely N-dealkylation sites (tertiary alicyclic amines) is 1. The van der Waals surface area contributed by atoms with E-state index >= 15 is 0 Å². The summed E-state index contributed by atoms with van der Waals surface area (Å²) in [6, 6.07) is -0.118. The predicted octanol–water partition coefficient (Wildman–Crippen LogP) is 0.869. The molecule has 122 valence electrons. The van der Waals surface area contributed by atoms with Gasteiger partial charge in [-0.2, -0.15) is 5.10 Å². The van der Waals surface area contributed by atoms with E-state index in [1.165, 1.54) is 12.4 Å². The summed E-state index contributed by atoms with van der Waals surface area (Å²) in [5, 5.41) is 6.17. The Hall–Kier alpha value is -1.41. The summed E-state index contributed by atoms with van der Waals surface area (Å²) in [5.74, 6) is 0.452. The summed E-state index contributed by atoms with van der Waals surface area (Å²) in [6.45, 7) is 1.27. The molecule has 0 spiro atoms. The van der Waals surface area contributed by atoms with E-state index in [4.69, 9.17) is 0 Å². The topological polar surface area (TPSA) is 95.2 Å². The van der Waals surface area contributed by atoms with Crippen LogP contribution >= 0.6 is 0 Å². The van der Waals surface area contributed by atoms with Gasteiger partial charge in [-0.15, -0.1) is 0 Å². The molecule has 2 heterocycles. The van der Waals surface area contributed by atoms with E-state index in [0.29, 0.717) is 25.9 Å². The van der Waals surface area contributed by atoms with Crippen LogP contribution in [0.2, 0.25) is 0 Å². The first-order chi connectivity index (χ1) is 10.6. The van der Waals surface area contributed by atoms with Crippen LogP contribution in [0.15, 0.2) is 17.3 Å². The van der Waals surface area contributed by atoms with Gasteiger partial charge >= 0.3 is 0 Å². The summed E-state index contributed by atoms with van der Waals surface area (Å²) >= 11 is 0. The van der Waals surface area contributed by atoms with Crippen molar-refractivity contribution in [3.8, 4) is 0 Å². The van der Waals surface area contributed by atoms with Crippen molar-refractivity contribution in [2.75, 3.05) is 13.1 Å². The third kappa shape index (κ3) is 3.33. The highest BCUT2D eigenvalue weighted by Crippen LogP contribution is 2.27. The molecule has 1 aromatic heterocycles. The molecular formula is C14H22N4O3S. The van der Waals surface area contributed by atoms with Crippen molar-refractivity contribution < 1.29 is 13.2 Å². The SMILES string of the molecule is O=C(C1CCCC1)N1CCC(NS(=O)(=O)c2cn[nH]c2)CC1. The highest BCUT2D eigenvalue weighted by molar-refractivity contribution is 7.89. The van der Waals surface area contributed by atoms with Crippen molar-refractivity contribution in [2.24, 2.45) is 5.92 Å². The molecule has 2 fully saturated rings. The summed E-state index contributed by atoms with van der Waals surface area (Å²) in [6.07, 6.45) is 8.29. The van der Waals surface area contributed by atoms with Crippen LogP contribution in [-0.4, -0.2) is 48.6 Å². The van der Waals surface area contributed by atoms with Gasteiger partial charge in [0, 0.05) is 31.2 Å². The maximum Gasteiger partial charge on any atom is 0.243 e. The molecule has 0 radical (unpaired) electrons. The van der Waals surface area contributed by atoms with Gasteiger partial charge in [0.1, 0.15) is 4.90 Å². The van der Waals surface area contributed by atoms with Gasteiger partial charge in [-0.3, -0.25) is 9.89 Å². The van der Waals surface area contributed by atoms with Gasteiger partial charge in [0.05, 0.1) is 6.20 Å². The number of amides is 1.